The zero-order chi connectivity index (χ0) is 28.6. The van der Waals surface area contributed by atoms with E-state index in [-0.39, 0.29) is 39.4 Å². The van der Waals surface area contributed by atoms with E-state index < -0.39 is 95.2 Å². The number of ether oxygens (including phenoxy) is 2. The van der Waals surface area contributed by atoms with Crippen molar-refractivity contribution >= 4 is 0 Å². The van der Waals surface area contributed by atoms with Gasteiger partial charge in [0.2, 0.25) is 0 Å². The van der Waals surface area contributed by atoms with Crippen molar-refractivity contribution in [2.24, 2.45) is 0 Å². The van der Waals surface area contributed by atoms with Crippen molar-refractivity contribution in [1.82, 2.24) is 0 Å². The van der Waals surface area contributed by atoms with E-state index in [1.54, 1.807) is 13.8 Å². The van der Waals surface area contributed by atoms with E-state index >= 15 is 0 Å². The molecule has 37 heavy (non-hydrogen) atoms. The van der Waals surface area contributed by atoms with Gasteiger partial charge in [0.1, 0.15) is 0 Å². The summed E-state index contributed by atoms with van der Waals surface area (Å²) < 4.78 is 113. The molecule has 2 rings (SSSR count). The number of hydrogen-bond donors (Lipinski definition) is 4. The van der Waals surface area contributed by atoms with Crippen LogP contribution in [0.2, 0.25) is 0 Å². The first-order valence-electron chi connectivity index (χ1n) is 10.00. The van der Waals surface area contributed by atoms with Crippen LogP contribution in [0.4, 0.5) is 35.1 Å². The van der Waals surface area contributed by atoms with Crippen LogP contribution in [0.25, 0.3) is 0 Å². The molecule has 2 aromatic rings. The van der Waals surface area contributed by atoms with Crippen LogP contribution in [0.15, 0.2) is 0 Å². The molecule has 6 nitrogen and oxygen atoms in total. The fourth-order valence-electron chi connectivity index (χ4n) is 2.26. The van der Waals surface area contributed by atoms with E-state index in [9.17, 15) is 35.1 Å². The van der Waals surface area contributed by atoms with Crippen molar-refractivity contribution in [1.29, 1.82) is 0 Å². The molecule has 0 bridgehead atoms. The Morgan fingerprint density at radius 2 is 0.622 bits per heavy atom. The summed E-state index contributed by atoms with van der Waals surface area (Å²) in [6.07, 6.45) is 0. The molecule has 0 radical (unpaired) electrons. The van der Waals surface area contributed by atoms with Gasteiger partial charge in [-0.2, -0.15) is 0 Å². The fourth-order valence-corrected chi connectivity index (χ4v) is 2.26. The zero-order valence-corrected chi connectivity index (χ0v) is 22.8. The average molecular weight is 632 g/mol. The quantitative estimate of drug-likeness (QED) is 0.287. The molecule has 0 aromatic heterocycles. The Bertz CT molecular complexity index is 817. The van der Waals surface area contributed by atoms with Gasteiger partial charge in [-0.25, -0.2) is 35.1 Å². The molecule has 0 heterocycles. The van der Waals surface area contributed by atoms with E-state index in [1.807, 2.05) is 0 Å². The van der Waals surface area contributed by atoms with Gasteiger partial charge in [0, 0.05) is 53.6 Å². The molecule has 0 aliphatic carbocycles. The van der Waals surface area contributed by atoms with E-state index in [1.165, 1.54) is 0 Å². The van der Waals surface area contributed by atoms with Crippen LogP contribution in [-0.2, 0) is 62.1 Å². The summed E-state index contributed by atoms with van der Waals surface area (Å²) in [5, 5.41) is 32.2. The smallest absolute Gasteiger partial charge is 0.167 e. The molecular weight excluding hydrogens is 603 g/mol. The number of aliphatic hydroxyl groups is 4. The summed E-state index contributed by atoms with van der Waals surface area (Å²) in [6.45, 7) is 0.464. The van der Waals surface area contributed by atoms with Crippen LogP contribution < -0.4 is 0 Å². The predicted octanol–water partition coefficient (Wildman–Crippen LogP) is 3.76. The van der Waals surface area contributed by atoms with E-state index in [0.717, 1.165) is 14.2 Å². The summed E-state index contributed by atoms with van der Waals surface area (Å²) in [6, 6.07) is 0. The molecule has 0 unspecified atom stereocenters. The Balaban J connectivity index is -0.000000504. The topological polar surface area (TPSA) is 99.4 Å². The molecule has 0 aliphatic rings. The van der Waals surface area contributed by atoms with Gasteiger partial charge in [0.05, 0.1) is 48.7 Å². The maximum atomic E-state index is 13.1. The van der Waals surface area contributed by atoms with Crippen LogP contribution in [0.3, 0.4) is 0 Å². The normalized spacial score (nSPS) is 9.73. The maximum Gasteiger partial charge on any atom is 0.167 e. The van der Waals surface area contributed by atoms with Crippen molar-refractivity contribution < 1.29 is 91.2 Å². The maximum absolute atomic E-state index is 13.1. The molecule has 0 saturated carbocycles. The number of methoxy groups -OCH3 is 2. The van der Waals surface area contributed by atoms with E-state index in [4.69, 9.17) is 20.4 Å². The van der Waals surface area contributed by atoms with Gasteiger partial charge >= 0.3 is 0 Å². The largest absolute Gasteiger partial charge is 0.397 e. The van der Waals surface area contributed by atoms with Crippen LogP contribution in [0.1, 0.15) is 36.1 Å². The third-order valence-electron chi connectivity index (χ3n) is 3.78. The Labute approximate surface area is 227 Å². The monoisotopic (exact) mass is 630 g/mol. The van der Waals surface area contributed by atoms with Crippen LogP contribution >= 0.6 is 0 Å². The first kappa shape index (κ1) is 40.0. The second kappa shape index (κ2) is 21.5. The molecule has 15 heteroatoms. The second-order valence-corrected chi connectivity index (χ2v) is 6.24. The average Bonchev–Trinajstić information content (AvgIpc) is 2.84. The first-order valence-corrected chi connectivity index (χ1v) is 10.00. The standard InChI is InChI=1S/2C9H8F4O2.2C2H6O.Zr/c2*1-15-3-5-8(12)6(10)4(2-14)7(11)9(5)13;2*1-2-3;/h2*14H,2-3H2,1H3;2*3H,2H2,1H3;. The number of hydrogen-bond acceptors (Lipinski definition) is 6. The zero-order valence-electron chi connectivity index (χ0n) is 20.4. The van der Waals surface area contributed by atoms with Crippen molar-refractivity contribution in [3.8, 4) is 0 Å². The molecule has 212 valence electrons. The Hall–Kier alpha value is -1.48. The second-order valence-electron chi connectivity index (χ2n) is 6.24. The summed E-state index contributed by atoms with van der Waals surface area (Å²) in [5.41, 5.74) is -3.70. The molecule has 0 saturated heterocycles. The van der Waals surface area contributed by atoms with Gasteiger partial charge in [0.25, 0.3) is 0 Å². The molecular formula is C22H28F8O6Zr. The molecule has 0 amide bonds. The van der Waals surface area contributed by atoms with Gasteiger partial charge in [-0.1, -0.05) is 0 Å². The number of aliphatic hydroxyl groups excluding tert-OH is 4. The SMILES string of the molecule is CCO.CCO.COCc1c(F)c(F)c(CO)c(F)c1F.COCc1c(F)c(F)c(CO)c(F)c1F.[Zr]. The minimum absolute atomic E-state index is 0. The van der Waals surface area contributed by atoms with Gasteiger partial charge in [0.15, 0.2) is 46.5 Å². The Kier molecular flexibility index (Phi) is 23.2. The van der Waals surface area contributed by atoms with Crippen molar-refractivity contribution in [2.75, 3.05) is 27.4 Å². The van der Waals surface area contributed by atoms with Gasteiger partial charge in [-0.15, -0.1) is 0 Å². The first-order chi connectivity index (χ1) is 16.9. The van der Waals surface area contributed by atoms with Gasteiger partial charge in [-0.05, 0) is 13.8 Å². The predicted molar refractivity (Wildman–Crippen MR) is 111 cm³/mol. The fraction of sp³-hybridized carbons (Fsp3) is 0.455. The van der Waals surface area contributed by atoms with Gasteiger partial charge in [-0.3, -0.25) is 0 Å². The Morgan fingerprint density at radius 3 is 0.757 bits per heavy atom. The van der Waals surface area contributed by atoms with Crippen molar-refractivity contribution in [2.45, 2.75) is 40.3 Å². The van der Waals surface area contributed by atoms with Crippen molar-refractivity contribution in [3.63, 3.8) is 0 Å². The molecule has 0 aliphatic heterocycles. The third kappa shape index (κ3) is 11.4. The van der Waals surface area contributed by atoms with E-state index in [0.29, 0.717) is 0 Å². The molecule has 2 aromatic carbocycles. The summed E-state index contributed by atoms with van der Waals surface area (Å²) in [5.74, 6) is -12.5. The minimum Gasteiger partial charge on any atom is -0.397 e. The summed E-state index contributed by atoms with van der Waals surface area (Å²) >= 11 is 0. The van der Waals surface area contributed by atoms with Gasteiger partial charge < -0.3 is 29.9 Å². The van der Waals surface area contributed by atoms with E-state index in [2.05, 4.69) is 9.47 Å². The Morgan fingerprint density at radius 1 is 0.459 bits per heavy atom. The molecule has 0 atom stereocenters. The third-order valence-corrected chi connectivity index (χ3v) is 3.78. The molecule has 0 spiro atoms. The number of halogens is 8. The molecule has 0 fully saturated rings. The number of rotatable bonds is 6. The summed E-state index contributed by atoms with van der Waals surface area (Å²) in [7, 11) is 2.27. The van der Waals surface area contributed by atoms with Crippen LogP contribution in [0.5, 0.6) is 0 Å². The van der Waals surface area contributed by atoms with Crippen molar-refractivity contribution in [3.05, 3.63) is 68.8 Å². The number of benzene rings is 2. The summed E-state index contributed by atoms with van der Waals surface area (Å²) in [4.78, 5) is 0. The minimum atomic E-state index is -1.59. The van der Waals surface area contributed by atoms with Crippen LogP contribution in [-0.4, -0.2) is 47.9 Å². The molecule has 4 N–H and O–H groups in total. The van der Waals surface area contributed by atoms with Crippen LogP contribution in [0, 0.1) is 46.5 Å².